The highest BCUT2D eigenvalue weighted by molar-refractivity contribution is 6.06. The van der Waals surface area contributed by atoms with E-state index in [0.29, 0.717) is 13.1 Å². The highest BCUT2D eigenvalue weighted by atomic mass is 16.2. The Kier molecular flexibility index (Phi) is 3.09. The third-order valence-corrected chi connectivity index (χ3v) is 3.39. The van der Waals surface area contributed by atoms with Gasteiger partial charge in [-0.1, -0.05) is 0 Å². The number of urea groups is 1. The zero-order valence-electron chi connectivity index (χ0n) is 10.4. The molecule has 6 heteroatoms. The summed E-state index contributed by atoms with van der Waals surface area (Å²) in [7, 11) is 0. The fourth-order valence-electron chi connectivity index (χ4n) is 2.33. The number of rotatable bonds is 3. The monoisotopic (exact) mass is 240 g/mol. The molecule has 0 aromatic rings. The van der Waals surface area contributed by atoms with Crippen LogP contribution in [0.25, 0.3) is 0 Å². The Morgan fingerprint density at radius 3 is 2.59 bits per heavy atom. The predicted octanol–water partition coefficient (Wildman–Crippen LogP) is -0.650. The van der Waals surface area contributed by atoms with Gasteiger partial charge in [0.1, 0.15) is 5.54 Å². The van der Waals surface area contributed by atoms with E-state index in [1.54, 1.807) is 13.8 Å². The first kappa shape index (κ1) is 12.3. The van der Waals surface area contributed by atoms with Crippen molar-refractivity contribution in [2.45, 2.75) is 31.8 Å². The Balaban J connectivity index is 1.87. The molecule has 0 aromatic heterocycles. The zero-order chi connectivity index (χ0) is 12.6. The van der Waals surface area contributed by atoms with Crippen molar-refractivity contribution >= 4 is 11.9 Å². The molecular formula is C11H20N4O2. The highest BCUT2D eigenvalue weighted by Crippen LogP contribution is 2.16. The average Bonchev–Trinajstić information content (AvgIpc) is 2.70. The number of imide groups is 1. The fourth-order valence-corrected chi connectivity index (χ4v) is 2.33. The first-order chi connectivity index (χ1) is 7.90. The fraction of sp³-hybridized carbons (Fsp3) is 0.818. The normalized spacial score (nSPS) is 28.9. The minimum atomic E-state index is -0.765. The number of hydrogen-bond acceptors (Lipinski definition) is 4. The molecule has 17 heavy (non-hydrogen) atoms. The topological polar surface area (TPSA) is 78.7 Å². The Labute approximate surface area is 101 Å². The van der Waals surface area contributed by atoms with Crippen molar-refractivity contribution in [1.82, 2.24) is 15.1 Å². The van der Waals surface area contributed by atoms with Crippen molar-refractivity contribution in [3.05, 3.63) is 0 Å². The molecule has 3 amide bonds. The van der Waals surface area contributed by atoms with Gasteiger partial charge < -0.3 is 11.1 Å². The van der Waals surface area contributed by atoms with Gasteiger partial charge in [0.2, 0.25) is 0 Å². The van der Waals surface area contributed by atoms with E-state index in [4.69, 9.17) is 5.73 Å². The van der Waals surface area contributed by atoms with Crippen molar-refractivity contribution in [3.63, 3.8) is 0 Å². The standard InChI is InChI=1S/C11H20N4O2/c1-11(2)9(16)15(10(17)13-11)6-5-14-4-3-8(12)7-14/h8H,3-7,12H2,1-2H3,(H,13,17)/t8-/m0/s1. The summed E-state index contributed by atoms with van der Waals surface area (Å²) in [6.07, 6.45) is 0.992. The molecule has 6 nitrogen and oxygen atoms in total. The van der Waals surface area contributed by atoms with Crippen molar-refractivity contribution < 1.29 is 9.59 Å². The quantitative estimate of drug-likeness (QED) is 0.643. The van der Waals surface area contributed by atoms with E-state index >= 15 is 0 Å². The largest absolute Gasteiger partial charge is 0.326 e. The second kappa shape index (κ2) is 4.27. The number of nitrogens with one attached hydrogen (secondary N) is 1. The SMILES string of the molecule is CC1(C)NC(=O)N(CCN2CC[C@H](N)C2)C1=O. The number of carbonyl (C=O) groups excluding carboxylic acids is 2. The van der Waals surface area contributed by atoms with Gasteiger partial charge in [0.25, 0.3) is 5.91 Å². The van der Waals surface area contributed by atoms with Crippen LogP contribution in [0.15, 0.2) is 0 Å². The van der Waals surface area contributed by atoms with Crippen molar-refractivity contribution in [2.24, 2.45) is 5.73 Å². The Bertz CT molecular complexity index is 342. The highest BCUT2D eigenvalue weighted by Gasteiger charge is 2.44. The maximum atomic E-state index is 11.9. The third-order valence-electron chi connectivity index (χ3n) is 3.39. The van der Waals surface area contributed by atoms with Gasteiger partial charge in [-0.3, -0.25) is 14.6 Å². The molecule has 1 atom stereocenters. The van der Waals surface area contributed by atoms with Crippen molar-refractivity contribution in [3.8, 4) is 0 Å². The molecule has 0 aromatic carbocycles. The van der Waals surface area contributed by atoms with Gasteiger partial charge in [0, 0.05) is 25.7 Å². The van der Waals surface area contributed by atoms with Gasteiger partial charge in [0.15, 0.2) is 0 Å². The Morgan fingerprint density at radius 1 is 1.41 bits per heavy atom. The molecule has 2 saturated heterocycles. The lowest BCUT2D eigenvalue weighted by Crippen LogP contribution is -2.41. The first-order valence-corrected chi connectivity index (χ1v) is 6.02. The van der Waals surface area contributed by atoms with Crippen LogP contribution in [0.4, 0.5) is 4.79 Å². The van der Waals surface area contributed by atoms with Crippen LogP contribution in [0.2, 0.25) is 0 Å². The molecule has 0 radical (unpaired) electrons. The summed E-state index contributed by atoms with van der Waals surface area (Å²) in [6, 6.07) is -0.0574. The molecule has 2 rings (SSSR count). The summed E-state index contributed by atoms with van der Waals surface area (Å²) >= 11 is 0. The molecule has 96 valence electrons. The van der Waals surface area contributed by atoms with Crippen molar-refractivity contribution in [1.29, 1.82) is 0 Å². The van der Waals surface area contributed by atoms with E-state index in [0.717, 1.165) is 19.5 Å². The summed E-state index contributed by atoms with van der Waals surface area (Å²) < 4.78 is 0. The lowest BCUT2D eigenvalue weighted by molar-refractivity contribution is -0.130. The van der Waals surface area contributed by atoms with E-state index in [2.05, 4.69) is 10.2 Å². The minimum Gasteiger partial charge on any atom is -0.326 e. The molecule has 2 aliphatic rings. The van der Waals surface area contributed by atoms with Gasteiger partial charge in [0.05, 0.1) is 0 Å². The maximum Gasteiger partial charge on any atom is 0.325 e. The third kappa shape index (κ3) is 2.42. The minimum absolute atomic E-state index is 0.147. The summed E-state index contributed by atoms with van der Waals surface area (Å²) in [5.41, 5.74) is 5.04. The molecule has 2 fully saturated rings. The van der Waals surface area contributed by atoms with Crippen molar-refractivity contribution in [2.75, 3.05) is 26.2 Å². The number of likely N-dealkylation sites (tertiary alicyclic amines) is 1. The first-order valence-electron chi connectivity index (χ1n) is 6.02. The van der Waals surface area contributed by atoms with Crippen LogP contribution in [0.3, 0.4) is 0 Å². The van der Waals surface area contributed by atoms with Crippen LogP contribution >= 0.6 is 0 Å². The summed E-state index contributed by atoms with van der Waals surface area (Å²) in [6.45, 7) is 6.41. The van der Waals surface area contributed by atoms with Crippen LogP contribution in [0.1, 0.15) is 20.3 Å². The van der Waals surface area contributed by atoms with Crippen LogP contribution in [-0.4, -0.2) is 59.5 Å². The molecule has 0 aliphatic carbocycles. The van der Waals surface area contributed by atoms with Gasteiger partial charge >= 0.3 is 6.03 Å². The van der Waals surface area contributed by atoms with Crippen LogP contribution < -0.4 is 11.1 Å². The van der Waals surface area contributed by atoms with E-state index in [9.17, 15) is 9.59 Å². The lowest BCUT2D eigenvalue weighted by Gasteiger charge is -2.20. The Hall–Kier alpha value is -1.14. The van der Waals surface area contributed by atoms with E-state index in [1.807, 2.05) is 0 Å². The second-order valence-electron chi connectivity index (χ2n) is 5.36. The number of nitrogens with zero attached hydrogens (tertiary/aromatic N) is 2. The molecule has 0 bridgehead atoms. The Morgan fingerprint density at radius 2 is 2.12 bits per heavy atom. The molecule has 0 saturated carbocycles. The number of amides is 3. The predicted molar refractivity (Wildman–Crippen MR) is 63.4 cm³/mol. The summed E-state index contributed by atoms with van der Waals surface area (Å²) in [4.78, 5) is 27.0. The molecule has 0 spiro atoms. The molecule has 0 unspecified atom stereocenters. The number of carbonyl (C=O) groups is 2. The number of hydrogen-bond donors (Lipinski definition) is 2. The van der Waals surface area contributed by atoms with Gasteiger partial charge in [-0.25, -0.2) is 4.79 Å². The van der Waals surface area contributed by atoms with Crippen LogP contribution in [0.5, 0.6) is 0 Å². The maximum absolute atomic E-state index is 11.9. The molecule has 3 N–H and O–H groups in total. The van der Waals surface area contributed by atoms with E-state index < -0.39 is 5.54 Å². The summed E-state index contributed by atoms with van der Waals surface area (Å²) in [5.74, 6) is -0.147. The second-order valence-corrected chi connectivity index (χ2v) is 5.36. The number of nitrogens with two attached hydrogens (primary N) is 1. The van der Waals surface area contributed by atoms with Crippen LogP contribution in [0, 0.1) is 0 Å². The van der Waals surface area contributed by atoms with E-state index in [-0.39, 0.29) is 18.0 Å². The zero-order valence-corrected chi connectivity index (χ0v) is 10.4. The van der Waals surface area contributed by atoms with Gasteiger partial charge in [-0.2, -0.15) is 0 Å². The summed E-state index contributed by atoms with van der Waals surface area (Å²) in [5, 5.41) is 2.67. The van der Waals surface area contributed by atoms with Crippen LogP contribution in [-0.2, 0) is 4.79 Å². The smallest absolute Gasteiger partial charge is 0.325 e. The lowest BCUT2D eigenvalue weighted by atomic mass is 10.1. The van der Waals surface area contributed by atoms with E-state index in [1.165, 1.54) is 4.90 Å². The van der Waals surface area contributed by atoms with Gasteiger partial charge in [-0.15, -0.1) is 0 Å². The van der Waals surface area contributed by atoms with Gasteiger partial charge in [-0.05, 0) is 26.8 Å². The molecule has 2 aliphatic heterocycles. The average molecular weight is 240 g/mol. The molecule has 2 heterocycles. The molecular weight excluding hydrogens is 220 g/mol.